The molecule has 1 N–H and O–H groups in total. The molecule has 3 aromatic rings. The largest absolute Gasteiger partial charge is 0.381 e. The fourth-order valence-electron chi connectivity index (χ4n) is 2.15. The molecule has 0 amide bonds. The monoisotopic (exact) mass is 298 g/mol. The molecule has 0 atom stereocenters. The SMILES string of the molecule is Cn1cc(-c2cccc(CNc3ccnc(Cl)c3)c2)cn1. The lowest BCUT2D eigenvalue weighted by molar-refractivity contribution is 0.768. The molecule has 0 aliphatic rings. The van der Waals surface area contributed by atoms with Crippen LogP contribution in [0.25, 0.3) is 11.1 Å². The van der Waals surface area contributed by atoms with E-state index in [0.29, 0.717) is 5.15 Å². The molecule has 0 aliphatic heterocycles. The van der Waals surface area contributed by atoms with Crippen molar-refractivity contribution in [1.82, 2.24) is 14.8 Å². The maximum Gasteiger partial charge on any atom is 0.131 e. The highest BCUT2D eigenvalue weighted by molar-refractivity contribution is 6.29. The number of hydrogen-bond donors (Lipinski definition) is 1. The van der Waals surface area contributed by atoms with Crippen LogP contribution in [-0.2, 0) is 13.6 Å². The molecule has 2 heterocycles. The fourth-order valence-corrected chi connectivity index (χ4v) is 2.32. The summed E-state index contributed by atoms with van der Waals surface area (Å²) < 4.78 is 1.80. The normalized spacial score (nSPS) is 10.6. The number of pyridine rings is 1. The van der Waals surface area contributed by atoms with E-state index in [1.165, 1.54) is 5.56 Å². The Bertz CT molecular complexity index is 751. The highest BCUT2D eigenvalue weighted by Crippen LogP contribution is 2.20. The van der Waals surface area contributed by atoms with Crippen LogP contribution >= 0.6 is 11.6 Å². The second-order valence-electron chi connectivity index (χ2n) is 4.82. The summed E-state index contributed by atoms with van der Waals surface area (Å²) in [6.07, 6.45) is 5.57. The van der Waals surface area contributed by atoms with E-state index in [0.717, 1.165) is 23.4 Å². The Morgan fingerprint density at radius 2 is 2.10 bits per heavy atom. The van der Waals surface area contributed by atoms with E-state index < -0.39 is 0 Å². The van der Waals surface area contributed by atoms with Crippen LogP contribution in [0.3, 0.4) is 0 Å². The van der Waals surface area contributed by atoms with Gasteiger partial charge in [0, 0.05) is 37.2 Å². The Labute approximate surface area is 128 Å². The molecule has 106 valence electrons. The van der Waals surface area contributed by atoms with Crippen molar-refractivity contribution >= 4 is 17.3 Å². The number of nitrogens with one attached hydrogen (secondary N) is 1. The Balaban J connectivity index is 1.74. The number of anilines is 1. The second-order valence-corrected chi connectivity index (χ2v) is 5.21. The molecule has 0 bridgehead atoms. The molecule has 0 radical (unpaired) electrons. The number of hydrogen-bond acceptors (Lipinski definition) is 3. The summed E-state index contributed by atoms with van der Waals surface area (Å²) in [5.74, 6) is 0. The molecule has 2 aromatic heterocycles. The standard InChI is InChI=1S/C16H15ClN4/c1-21-11-14(10-20-21)13-4-2-3-12(7-13)9-19-15-5-6-18-16(17)8-15/h2-8,10-11H,9H2,1H3,(H,18,19). The average molecular weight is 299 g/mol. The van der Waals surface area contributed by atoms with Crippen molar-refractivity contribution in [2.75, 3.05) is 5.32 Å². The highest BCUT2D eigenvalue weighted by Gasteiger charge is 2.02. The van der Waals surface area contributed by atoms with Crippen molar-refractivity contribution in [3.63, 3.8) is 0 Å². The van der Waals surface area contributed by atoms with Gasteiger partial charge in [0.05, 0.1) is 6.20 Å². The lowest BCUT2D eigenvalue weighted by Gasteiger charge is -2.08. The van der Waals surface area contributed by atoms with Crippen LogP contribution in [0.2, 0.25) is 5.15 Å². The summed E-state index contributed by atoms with van der Waals surface area (Å²) in [5, 5.41) is 8.04. The molecule has 3 rings (SSSR count). The van der Waals surface area contributed by atoms with Crippen LogP contribution in [0.15, 0.2) is 55.0 Å². The molecular weight excluding hydrogens is 284 g/mol. The zero-order valence-electron chi connectivity index (χ0n) is 11.6. The molecular formula is C16H15ClN4. The Kier molecular flexibility index (Phi) is 3.88. The van der Waals surface area contributed by atoms with Gasteiger partial charge < -0.3 is 5.32 Å². The number of benzene rings is 1. The van der Waals surface area contributed by atoms with Crippen molar-refractivity contribution in [2.24, 2.45) is 7.05 Å². The van der Waals surface area contributed by atoms with Crippen LogP contribution in [0.4, 0.5) is 5.69 Å². The van der Waals surface area contributed by atoms with Crippen LogP contribution in [0, 0.1) is 0 Å². The predicted octanol–water partition coefficient (Wildman–Crippen LogP) is 3.75. The van der Waals surface area contributed by atoms with Gasteiger partial charge in [-0.3, -0.25) is 4.68 Å². The lowest BCUT2D eigenvalue weighted by Crippen LogP contribution is -1.99. The van der Waals surface area contributed by atoms with Crippen molar-refractivity contribution in [3.05, 3.63) is 65.7 Å². The third-order valence-electron chi connectivity index (χ3n) is 3.19. The molecule has 4 nitrogen and oxygen atoms in total. The summed E-state index contributed by atoms with van der Waals surface area (Å²) in [7, 11) is 1.92. The second kappa shape index (κ2) is 5.97. The first-order valence-electron chi connectivity index (χ1n) is 6.64. The summed E-state index contributed by atoms with van der Waals surface area (Å²) in [6.45, 7) is 0.731. The van der Waals surface area contributed by atoms with Gasteiger partial charge in [0.2, 0.25) is 0 Å². The molecule has 0 saturated carbocycles. The number of aromatic nitrogens is 3. The van der Waals surface area contributed by atoms with Gasteiger partial charge in [0.1, 0.15) is 5.15 Å². The maximum atomic E-state index is 5.87. The fraction of sp³-hybridized carbons (Fsp3) is 0.125. The summed E-state index contributed by atoms with van der Waals surface area (Å²) >= 11 is 5.87. The predicted molar refractivity (Wildman–Crippen MR) is 85.2 cm³/mol. The zero-order valence-corrected chi connectivity index (χ0v) is 12.4. The van der Waals surface area contributed by atoms with Gasteiger partial charge >= 0.3 is 0 Å². The minimum atomic E-state index is 0.490. The van der Waals surface area contributed by atoms with E-state index in [2.05, 4.69) is 39.7 Å². The Morgan fingerprint density at radius 3 is 2.86 bits per heavy atom. The van der Waals surface area contributed by atoms with Crippen molar-refractivity contribution in [2.45, 2.75) is 6.54 Å². The molecule has 0 unspecified atom stereocenters. The number of nitrogens with zero attached hydrogens (tertiary/aromatic N) is 3. The van der Waals surface area contributed by atoms with Gasteiger partial charge in [-0.15, -0.1) is 0 Å². The summed E-state index contributed by atoms with van der Waals surface area (Å²) in [5.41, 5.74) is 4.44. The van der Waals surface area contributed by atoms with Crippen LogP contribution in [-0.4, -0.2) is 14.8 Å². The minimum Gasteiger partial charge on any atom is -0.381 e. The Morgan fingerprint density at radius 1 is 1.19 bits per heavy atom. The third-order valence-corrected chi connectivity index (χ3v) is 3.40. The quantitative estimate of drug-likeness (QED) is 0.746. The van der Waals surface area contributed by atoms with E-state index in [4.69, 9.17) is 11.6 Å². The van der Waals surface area contributed by atoms with Gasteiger partial charge in [0.25, 0.3) is 0 Å². The smallest absolute Gasteiger partial charge is 0.131 e. The molecule has 21 heavy (non-hydrogen) atoms. The van der Waals surface area contributed by atoms with Gasteiger partial charge in [-0.05, 0) is 29.3 Å². The van der Waals surface area contributed by atoms with Gasteiger partial charge in [-0.2, -0.15) is 5.10 Å². The van der Waals surface area contributed by atoms with E-state index in [9.17, 15) is 0 Å². The number of halogens is 1. The van der Waals surface area contributed by atoms with Gasteiger partial charge in [0.15, 0.2) is 0 Å². The van der Waals surface area contributed by atoms with Crippen molar-refractivity contribution < 1.29 is 0 Å². The van der Waals surface area contributed by atoms with E-state index in [1.54, 1.807) is 10.9 Å². The van der Waals surface area contributed by atoms with Crippen LogP contribution < -0.4 is 5.32 Å². The minimum absolute atomic E-state index is 0.490. The summed E-state index contributed by atoms with van der Waals surface area (Å²) in [4.78, 5) is 3.97. The van der Waals surface area contributed by atoms with Crippen molar-refractivity contribution in [1.29, 1.82) is 0 Å². The Hall–Kier alpha value is -2.33. The van der Waals surface area contributed by atoms with Gasteiger partial charge in [-0.1, -0.05) is 29.8 Å². The first-order chi connectivity index (χ1) is 10.2. The maximum absolute atomic E-state index is 5.87. The molecule has 0 spiro atoms. The van der Waals surface area contributed by atoms with Crippen LogP contribution in [0.5, 0.6) is 0 Å². The third kappa shape index (κ3) is 3.41. The zero-order chi connectivity index (χ0) is 14.7. The van der Waals surface area contributed by atoms with Crippen LogP contribution in [0.1, 0.15) is 5.56 Å². The molecule has 0 saturated heterocycles. The van der Waals surface area contributed by atoms with E-state index in [1.807, 2.05) is 31.6 Å². The molecule has 0 fully saturated rings. The van der Waals surface area contributed by atoms with Crippen molar-refractivity contribution in [3.8, 4) is 11.1 Å². The van der Waals surface area contributed by atoms with Gasteiger partial charge in [-0.25, -0.2) is 4.98 Å². The molecule has 0 aliphatic carbocycles. The number of rotatable bonds is 4. The van der Waals surface area contributed by atoms with E-state index >= 15 is 0 Å². The lowest BCUT2D eigenvalue weighted by atomic mass is 10.1. The highest BCUT2D eigenvalue weighted by atomic mass is 35.5. The first kappa shape index (κ1) is 13.6. The first-order valence-corrected chi connectivity index (χ1v) is 7.02. The van der Waals surface area contributed by atoms with E-state index in [-0.39, 0.29) is 0 Å². The topological polar surface area (TPSA) is 42.7 Å². The molecule has 5 heteroatoms. The molecule has 1 aromatic carbocycles. The number of aryl methyl sites for hydroxylation is 1. The average Bonchev–Trinajstić information content (AvgIpc) is 2.92. The summed E-state index contributed by atoms with van der Waals surface area (Å²) in [6, 6.07) is 12.1.